The SMILES string of the molecule is O=S(=O)(Nc1ccncc1)c1cc(CO)ccc1Cl. The Labute approximate surface area is 115 Å². The number of nitrogens with zero attached hydrogens (tertiary/aromatic N) is 1. The van der Waals surface area contributed by atoms with Crippen LogP contribution in [0.2, 0.25) is 5.02 Å². The zero-order chi connectivity index (χ0) is 13.9. The summed E-state index contributed by atoms with van der Waals surface area (Å²) in [5, 5.41) is 9.14. The van der Waals surface area contributed by atoms with Crippen molar-refractivity contribution in [1.82, 2.24) is 4.98 Å². The van der Waals surface area contributed by atoms with Crippen molar-refractivity contribution in [3.8, 4) is 0 Å². The average molecular weight is 299 g/mol. The number of hydrogen-bond acceptors (Lipinski definition) is 4. The van der Waals surface area contributed by atoms with Crippen LogP contribution in [-0.2, 0) is 16.6 Å². The first-order valence-electron chi connectivity index (χ1n) is 5.35. The van der Waals surface area contributed by atoms with Gasteiger partial charge in [0.1, 0.15) is 4.90 Å². The van der Waals surface area contributed by atoms with E-state index in [2.05, 4.69) is 9.71 Å². The minimum atomic E-state index is -3.80. The number of aliphatic hydroxyl groups excluding tert-OH is 1. The number of nitrogens with one attached hydrogen (secondary N) is 1. The van der Waals surface area contributed by atoms with E-state index in [-0.39, 0.29) is 16.5 Å². The average Bonchev–Trinajstić information content (AvgIpc) is 2.39. The molecule has 2 rings (SSSR count). The van der Waals surface area contributed by atoms with E-state index in [9.17, 15) is 8.42 Å². The number of anilines is 1. The Morgan fingerprint density at radius 1 is 1.21 bits per heavy atom. The van der Waals surface area contributed by atoms with Gasteiger partial charge in [-0.15, -0.1) is 0 Å². The number of sulfonamides is 1. The molecule has 100 valence electrons. The number of halogens is 1. The van der Waals surface area contributed by atoms with Crippen molar-refractivity contribution in [2.45, 2.75) is 11.5 Å². The highest BCUT2D eigenvalue weighted by molar-refractivity contribution is 7.92. The largest absolute Gasteiger partial charge is 0.392 e. The Bertz CT molecular complexity index is 675. The highest BCUT2D eigenvalue weighted by Gasteiger charge is 2.18. The lowest BCUT2D eigenvalue weighted by molar-refractivity contribution is 0.281. The molecule has 0 radical (unpaired) electrons. The third kappa shape index (κ3) is 3.23. The van der Waals surface area contributed by atoms with Crippen LogP contribution in [0.3, 0.4) is 0 Å². The number of aliphatic hydroxyl groups is 1. The van der Waals surface area contributed by atoms with Gasteiger partial charge in [0.15, 0.2) is 0 Å². The second kappa shape index (κ2) is 5.56. The van der Waals surface area contributed by atoms with Crippen LogP contribution in [0.4, 0.5) is 5.69 Å². The van der Waals surface area contributed by atoms with Crippen LogP contribution < -0.4 is 4.72 Å². The minimum Gasteiger partial charge on any atom is -0.392 e. The molecule has 7 heteroatoms. The molecule has 0 aliphatic carbocycles. The number of aromatic nitrogens is 1. The molecular weight excluding hydrogens is 288 g/mol. The van der Waals surface area contributed by atoms with Gasteiger partial charge in [0, 0.05) is 12.4 Å². The normalized spacial score (nSPS) is 11.3. The standard InChI is InChI=1S/C12H11ClN2O3S/c13-11-2-1-9(8-16)7-12(11)19(17,18)15-10-3-5-14-6-4-10/h1-7,16H,8H2,(H,14,15). The molecule has 0 bridgehead atoms. The van der Waals surface area contributed by atoms with Crippen molar-refractivity contribution < 1.29 is 13.5 Å². The molecule has 19 heavy (non-hydrogen) atoms. The van der Waals surface area contributed by atoms with Gasteiger partial charge in [0.25, 0.3) is 10.0 Å². The first-order valence-corrected chi connectivity index (χ1v) is 7.21. The summed E-state index contributed by atoms with van der Waals surface area (Å²) < 4.78 is 26.8. The maximum atomic E-state index is 12.2. The lowest BCUT2D eigenvalue weighted by atomic mass is 10.2. The number of benzene rings is 1. The smallest absolute Gasteiger partial charge is 0.263 e. The van der Waals surface area contributed by atoms with Gasteiger partial charge in [0.05, 0.1) is 17.3 Å². The van der Waals surface area contributed by atoms with Crippen LogP contribution >= 0.6 is 11.6 Å². The predicted octanol–water partition coefficient (Wildman–Crippen LogP) is 2.03. The Morgan fingerprint density at radius 2 is 1.89 bits per heavy atom. The fraction of sp³-hybridized carbons (Fsp3) is 0.0833. The van der Waals surface area contributed by atoms with Crippen molar-refractivity contribution >= 4 is 27.3 Å². The van der Waals surface area contributed by atoms with Crippen molar-refractivity contribution in [1.29, 1.82) is 0 Å². The summed E-state index contributed by atoms with van der Waals surface area (Å²) in [5.41, 5.74) is 0.861. The summed E-state index contributed by atoms with van der Waals surface area (Å²) in [6.45, 7) is -0.255. The van der Waals surface area contributed by atoms with E-state index >= 15 is 0 Å². The lowest BCUT2D eigenvalue weighted by Crippen LogP contribution is -2.13. The lowest BCUT2D eigenvalue weighted by Gasteiger charge is -2.10. The Morgan fingerprint density at radius 3 is 2.53 bits per heavy atom. The molecule has 0 saturated heterocycles. The van der Waals surface area contributed by atoms with Gasteiger partial charge in [-0.05, 0) is 29.8 Å². The van der Waals surface area contributed by atoms with Crippen molar-refractivity contribution in [3.05, 3.63) is 53.3 Å². The van der Waals surface area contributed by atoms with Gasteiger partial charge >= 0.3 is 0 Å². The summed E-state index contributed by atoms with van der Waals surface area (Å²) in [7, 11) is -3.80. The maximum Gasteiger partial charge on any atom is 0.263 e. The predicted molar refractivity (Wildman–Crippen MR) is 72.4 cm³/mol. The molecule has 5 nitrogen and oxygen atoms in total. The third-order valence-corrected chi connectivity index (χ3v) is 4.26. The Kier molecular flexibility index (Phi) is 4.04. The zero-order valence-electron chi connectivity index (χ0n) is 9.75. The van der Waals surface area contributed by atoms with Crippen molar-refractivity contribution in [2.24, 2.45) is 0 Å². The van der Waals surface area contributed by atoms with Crippen LogP contribution in [-0.4, -0.2) is 18.5 Å². The van der Waals surface area contributed by atoms with E-state index in [4.69, 9.17) is 16.7 Å². The molecule has 2 aromatic rings. The van der Waals surface area contributed by atoms with Crippen LogP contribution in [0, 0.1) is 0 Å². The molecule has 0 spiro atoms. The fourth-order valence-electron chi connectivity index (χ4n) is 1.48. The van der Waals surface area contributed by atoms with E-state index in [1.165, 1.54) is 36.7 Å². The molecule has 1 aromatic heterocycles. The Hall–Kier alpha value is -1.63. The van der Waals surface area contributed by atoms with E-state index in [1.807, 2.05) is 0 Å². The molecule has 2 N–H and O–H groups in total. The number of rotatable bonds is 4. The van der Waals surface area contributed by atoms with Gasteiger partial charge < -0.3 is 5.11 Å². The van der Waals surface area contributed by atoms with Gasteiger partial charge in [-0.1, -0.05) is 17.7 Å². The van der Waals surface area contributed by atoms with Crippen LogP contribution in [0.25, 0.3) is 0 Å². The number of hydrogen-bond donors (Lipinski definition) is 2. The van der Waals surface area contributed by atoms with E-state index in [0.717, 1.165) is 0 Å². The summed E-state index contributed by atoms with van der Waals surface area (Å²) in [6.07, 6.45) is 2.95. The fourth-order valence-corrected chi connectivity index (χ4v) is 3.09. The maximum absolute atomic E-state index is 12.2. The zero-order valence-corrected chi connectivity index (χ0v) is 11.3. The molecule has 0 amide bonds. The van der Waals surface area contributed by atoms with Gasteiger partial charge in [0.2, 0.25) is 0 Å². The second-order valence-corrected chi connectivity index (χ2v) is 5.82. The van der Waals surface area contributed by atoms with Gasteiger partial charge in [-0.2, -0.15) is 0 Å². The van der Waals surface area contributed by atoms with Crippen LogP contribution in [0.5, 0.6) is 0 Å². The number of pyridine rings is 1. The van der Waals surface area contributed by atoms with E-state index in [0.29, 0.717) is 11.3 Å². The first kappa shape index (κ1) is 13.8. The topological polar surface area (TPSA) is 79.3 Å². The summed E-state index contributed by atoms with van der Waals surface area (Å²) >= 11 is 5.89. The van der Waals surface area contributed by atoms with Crippen molar-refractivity contribution in [3.63, 3.8) is 0 Å². The molecule has 0 saturated carbocycles. The molecule has 0 aliphatic rings. The monoisotopic (exact) mass is 298 g/mol. The van der Waals surface area contributed by atoms with E-state index in [1.54, 1.807) is 6.07 Å². The van der Waals surface area contributed by atoms with Gasteiger partial charge in [-0.3, -0.25) is 9.71 Å². The molecule has 0 fully saturated rings. The molecule has 1 aromatic carbocycles. The molecule has 1 heterocycles. The van der Waals surface area contributed by atoms with Gasteiger partial charge in [-0.25, -0.2) is 8.42 Å². The third-order valence-electron chi connectivity index (χ3n) is 2.40. The summed E-state index contributed by atoms with van der Waals surface area (Å²) in [5.74, 6) is 0. The van der Waals surface area contributed by atoms with Crippen LogP contribution in [0.15, 0.2) is 47.6 Å². The molecule has 0 unspecified atom stereocenters. The molecule has 0 aliphatic heterocycles. The Balaban J connectivity index is 2.39. The second-order valence-electron chi connectivity index (χ2n) is 3.76. The minimum absolute atomic E-state index is 0.0717. The highest BCUT2D eigenvalue weighted by Crippen LogP contribution is 2.24. The summed E-state index contributed by atoms with van der Waals surface area (Å²) in [4.78, 5) is 3.73. The molecular formula is C12H11ClN2O3S. The highest BCUT2D eigenvalue weighted by atomic mass is 35.5. The molecule has 0 atom stereocenters. The van der Waals surface area contributed by atoms with Crippen LogP contribution in [0.1, 0.15) is 5.56 Å². The van der Waals surface area contributed by atoms with Crippen molar-refractivity contribution in [2.75, 3.05) is 4.72 Å². The first-order chi connectivity index (χ1) is 9.03. The van der Waals surface area contributed by atoms with E-state index < -0.39 is 10.0 Å². The quantitative estimate of drug-likeness (QED) is 0.905. The summed E-state index contributed by atoms with van der Waals surface area (Å²) in [6, 6.07) is 7.40.